The molecule has 114 valence electrons. The molecule has 1 spiro atoms. The molecular weight excluding hydrogens is 294 g/mol. The number of β-lactam (4-membered cyclic amide) rings is 1. The molecule has 1 amide bonds. The Labute approximate surface area is 135 Å². The van der Waals surface area contributed by atoms with Crippen molar-refractivity contribution in [3.8, 4) is 0 Å². The van der Waals surface area contributed by atoms with Gasteiger partial charge >= 0.3 is 0 Å². The smallest absolute Gasteiger partial charge is 0.239 e. The van der Waals surface area contributed by atoms with E-state index >= 15 is 0 Å². The first-order chi connectivity index (χ1) is 10.8. The number of amides is 1. The molecule has 4 rings (SSSR count). The summed E-state index contributed by atoms with van der Waals surface area (Å²) in [5.41, 5.74) is 1.01. The third kappa shape index (κ3) is 1.90. The summed E-state index contributed by atoms with van der Waals surface area (Å²) in [7, 11) is 0. The summed E-state index contributed by atoms with van der Waals surface area (Å²) < 4.78 is 6.01. The molecule has 1 aromatic carbocycles. The van der Waals surface area contributed by atoms with E-state index in [1.807, 2.05) is 29.2 Å². The second kappa shape index (κ2) is 5.28. The van der Waals surface area contributed by atoms with Crippen LogP contribution in [0.2, 0.25) is 0 Å². The number of carbonyl (C=O) groups excluding carboxylic acids is 1. The predicted molar refractivity (Wildman–Crippen MR) is 88.6 cm³/mol. The number of benzene rings is 1. The van der Waals surface area contributed by atoms with Crippen LogP contribution in [0.15, 0.2) is 55.1 Å². The van der Waals surface area contributed by atoms with Crippen LogP contribution >= 0.6 is 11.8 Å². The average Bonchev–Trinajstić information content (AvgIpc) is 3.16. The van der Waals surface area contributed by atoms with Crippen LogP contribution in [0.25, 0.3) is 0 Å². The molecule has 3 heterocycles. The molecule has 1 aromatic rings. The molecule has 0 unspecified atom stereocenters. The van der Waals surface area contributed by atoms with E-state index in [2.05, 4.69) is 30.9 Å². The van der Waals surface area contributed by atoms with Gasteiger partial charge in [-0.25, -0.2) is 0 Å². The van der Waals surface area contributed by atoms with Crippen molar-refractivity contribution < 1.29 is 9.53 Å². The van der Waals surface area contributed by atoms with Crippen molar-refractivity contribution in [2.24, 2.45) is 0 Å². The number of nitrogens with zero attached hydrogens (tertiary/aromatic N) is 1. The first-order valence-electron chi connectivity index (χ1n) is 7.67. The van der Waals surface area contributed by atoms with Gasteiger partial charge in [0.2, 0.25) is 5.91 Å². The number of hydrogen-bond donors (Lipinski definition) is 0. The van der Waals surface area contributed by atoms with Gasteiger partial charge in [0, 0.05) is 18.7 Å². The van der Waals surface area contributed by atoms with E-state index in [9.17, 15) is 4.79 Å². The van der Waals surface area contributed by atoms with Crippen LogP contribution in [-0.4, -0.2) is 39.6 Å². The highest BCUT2D eigenvalue weighted by molar-refractivity contribution is 8.00. The van der Waals surface area contributed by atoms with Gasteiger partial charge in [0.15, 0.2) is 0 Å². The van der Waals surface area contributed by atoms with E-state index in [4.69, 9.17) is 4.74 Å². The maximum absolute atomic E-state index is 12.7. The zero-order valence-corrected chi connectivity index (χ0v) is 13.2. The zero-order valence-electron chi connectivity index (χ0n) is 12.4. The van der Waals surface area contributed by atoms with Crippen LogP contribution in [0.4, 0.5) is 0 Å². The Hall–Kier alpha value is -1.52. The van der Waals surface area contributed by atoms with Crippen molar-refractivity contribution >= 4 is 17.7 Å². The lowest BCUT2D eigenvalue weighted by atomic mass is 9.73. The first-order valence-corrected chi connectivity index (χ1v) is 8.72. The van der Waals surface area contributed by atoms with Crippen molar-refractivity contribution in [2.75, 3.05) is 5.75 Å². The molecule has 3 aliphatic rings. The molecule has 4 atom stereocenters. The molecular formula is C18H19NO2S. The van der Waals surface area contributed by atoms with Crippen LogP contribution in [0.3, 0.4) is 0 Å². The van der Waals surface area contributed by atoms with Gasteiger partial charge in [0.05, 0.1) is 11.6 Å². The Kier molecular flexibility index (Phi) is 3.39. The Morgan fingerprint density at radius 3 is 2.82 bits per heavy atom. The maximum atomic E-state index is 12.7. The monoisotopic (exact) mass is 313 g/mol. The lowest BCUT2D eigenvalue weighted by molar-refractivity contribution is -0.159. The van der Waals surface area contributed by atoms with E-state index < -0.39 is 0 Å². The molecule has 0 aliphatic carbocycles. The summed E-state index contributed by atoms with van der Waals surface area (Å²) in [6.07, 6.45) is 7.27. The lowest BCUT2D eigenvalue weighted by Gasteiger charge is -2.57. The molecule has 2 saturated heterocycles. The van der Waals surface area contributed by atoms with Crippen LogP contribution < -0.4 is 0 Å². The van der Waals surface area contributed by atoms with Crippen LogP contribution in [0.1, 0.15) is 12.0 Å². The summed E-state index contributed by atoms with van der Waals surface area (Å²) in [5, 5.41) is -0.00541. The van der Waals surface area contributed by atoms with Gasteiger partial charge in [-0.3, -0.25) is 4.79 Å². The van der Waals surface area contributed by atoms with Gasteiger partial charge in [0.25, 0.3) is 0 Å². The van der Waals surface area contributed by atoms with E-state index in [-0.39, 0.29) is 28.9 Å². The molecule has 2 fully saturated rings. The van der Waals surface area contributed by atoms with Gasteiger partial charge in [-0.05, 0) is 5.56 Å². The van der Waals surface area contributed by atoms with Crippen molar-refractivity contribution in [3.63, 3.8) is 0 Å². The number of rotatable bonds is 5. The van der Waals surface area contributed by atoms with Gasteiger partial charge in [-0.2, -0.15) is 0 Å². The quantitative estimate of drug-likeness (QED) is 0.618. The second-order valence-corrected chi connectivity index (χ2v) is 7.23. The maximum Gasteiger partial charge on any atom is 0.239 e. The molecule has 22 heavy (non-hydrogen) atoms. The first kappa shape index (κ1) is 14.1. The molecule has 2 bridgehead atoms. The number of thioether (sulfide) groups is 1. The molecule has 0 radical (unpaired) electrons. The zero-order chi connectivity index (χ0) is 15.2. The fourth-order valence-electron chi connectivity index (χ4n) is 3.87. The number of ether oxygens (including phenoxy) is 1. The summed E-state index contributed by atoms with van der Waals surface area (Å²) in [4.78, 5) is 14.7. The Morgan fingerprint density at radius 2 is 2.18 bits per heavy atom. The fourth-order valence-corrected chi connectivity index (χ4v) is 5.11. The number of hydrogen-bond acceptors (Lipinski definition) is 3. The molecule has 0 N–H and O–H groups in total. The highest BCUT2D eigenvalue weighted by atomic mass is 32.2. The van der Waals surface area contributed by atoms with E-state index in [1.165, 1.54) is 5.56 Å². The second-order valence-electron chi connectivity index (χ2n) is 6.09. The van der Waals surface area contributed by atoms with Gasteiger partial charge in [0.1, 0.15) is 11.4 Å². The van der Waals surface area contributed by atoms with Gasteiger partial charge in [-0.15, -0.1) is 18.3 Å². The highest BCUT2D eigenvalue weighted by Crippen LogP contribution is 2.54. The highest BCUT2D eigenvalue weighted by Gasteiger charge is 2.68. The minimum absolute atomic E-state index is 0.00541. The normalized spacial score (nSPS) is 35.2. The van der Waals surface area contributed by atoms with Crippen molar-refractivity contribution in [3.05, 3.63) is 60.7 Å². The average molecular weight is 313 g/mol. The molecule has 3 nitrogen and oxygen atoms in total. The van der Waals surface area contributed by atoms with Crippen molar-refractivity contribution in [2.45, 2.75) is 36.0 Å². The Bertz CT molecular complexity index is 629. The summed E-state index contributed by atoms with van der Waals surface area (Å²) in [5.74, 6) is 1.04. The lowest BCUT2D eigenvalue weighted by Crippen LogP contribution is -2.76. The third-order valence-electron chi connectivity index (χ3n) is 4.85. The molecule has 3 aliphatic heterocycles. The fraction of sp³-hybridized carbons (Fsp3) is 0.389. The van der Waals surface area contributed by atoms with E-state index in [0.29, 0.717) is 6.54 Å². The summed E-state index contributed by atoms with van der Waals surface area (Å²) >= 11 is 1.70. The standard InChI is InChI=1S/C18H19NO2S/c1-2-10-22-16-17(20)19(12-13-6-4-3-5-7-13)18(16)11-14-8-9-15(18)21-14/h2-9,14-16H,1,10-12H2/t14-,15+,16+,18+/m1/s1. The largest absolute Gasteiger partial charge is 0.364 e. The summed E-state index contributed by atoms with van der Waals surface area (Å²) in [6.45, 7) is 4.45. The van der Waals surface area contributed by atoms with Crippen LogP contribution in [0.5, 0.6) is 0 Å². The van der Waals surface area contributed by atoms with Crippen molar-refractivity contribution in [1.82, 2.24) is 4.90 Å². The van der Waals surface area contributed by atoms with E-state index in [0.717, 1.165) is 12.2 Å². The minimum atomic E-state index is -0.167. The molecule has 4 heteroatoms. The SMILES string of the molecule is C=CCS[C@H]1C(=O)N(Cc2ccccc2)[C@]12C[C@H]1C=C[C@@H]2O1. The Balaban J connectivity index is 1.62. The third-order valence-corrected chi connectivity index (χ3v) is 6.23. The number of carbonyl (C=O) groups is 1. The minimum Gasteiger partial charge on any atom is -0.364 e. The summed E-state index contributed by atoms with van der Waals surface area (Å²) in [6, 6.07) is 10.2. The van der Waals surface area contributed by atoms with Crippen LogP contribution in [-0.2, 0) is 16.1 Å². The van der Waals surface area contributed by atoms with Crippen LogP contribution in [0, 0.1) is 0 Å². The number of fused-ring (bicyclic) bond motifs is 3. The number of likely N-dealkylation sites (tertiary alicyclic amines) is 1. The predicted octanol–water partition coefficient (Wildman–Crippen LogP) is 2.78. The van der Waals surface area contributed by atoms with Gasteiger partial charge < -0.3 is 9.64 Å². The Morgan fingerprint density at radius 1 is 1.36 bits per heavy atom. The van der Waals surface area contributed by atoms with Crippen molar-refractivity contribution in [1.29, 1.82) is 0 Å². The topological polar surface area (TPSA) is 29.5 Å². The molecule has 0 aromatic heterocycles. The van der Waals surface area contributed by atoms with E-state index in [1.54, 1.807) is 11.8 Å². The molecule has 0 saturated carbocycles. The van der Waals surface area contributed by atoms with Gasteiger partial charge in [-0.1, -0.05) is 48.6 Å².